The summed E-state index contributed by atoms with van der Waals surface area (Å²) in [6, 6.07) is 1.80. The zero-order valence-corrected chi connectivity index (χ0v) is 6.26. The predicted molar refractivity (Wildman–Crippen MR) is 40.0 cm³/mol. The maximum Gasteiger partial charge on any atom is 0.139 e. The normalized spacial score (nSPS) is 9.80. The zero-order chi connectivity index (χ0) is 7.56. The summed E-state index contributed by atoms with van der Waals surface area (Å²) in [7, 11) is 0. The largest absolute Gasteiger partial charge is 0.506 e. The fourth-order valence-corrected chi connectivity index (χ4v) is 0.865. The van der Waals surface area contributed by atoms with Crippen LogP contribution >= 0.6 is 0 Å². The summed E-state index contributed by atoms with van der Waals surface area (Å²) in [5.41, 5.74) is 1.67. The minimum atomic E-state index is 0.338. The van der Waals surface area contributed by atoms with Gasteiger partial charge in [0.1, 0.15) is 5.75 Å². The molecule has 0 saturated carbocycles. The molecule has 1 aromatic rings. The number of aryl methyl sites for hydroxylation is 2. The Morgan fingerprint density at radius 2 is 2.30 bits per heavy atom. The van der Waals surface area contributed by atoms with Crippen molar-refractivity contribution in [1.29, 1.82) is 0 Å². The van der Waals surface area contributed by atoms with Gasteiger partial charge >= 0.3 is 0 Å². The molecule has 0 bridgehead atoms. The van der Waals surface area contributed by atoms with Gasteiger partial charge in [-0.1, -0.05) is 6.92 Å². The van der Waals surface area contributed by atoms with E-state index in [0.717, 1.165) is 17.7 Å². The third-order valence-corrected chi connectivity index (χ3v) is 1.54. The van der Waals surface area contributed by atoms with Gasteiger partial charge in [0.25, 0.3) is 0 Å². The molecule has 0 saturated heterocycles. The Morgan fingerprint density at radius 1 is 1.60 bits per heavy atom. The quantitative estimate of drug-likeness (QED) is 0.638. The average Bonchev–Trinajstić information content (AvgIpc) is 1.95. The van der Waals surface area contributed by atoms with Crippen molar-refractivity contribution in [3.63, 3.8) is 0 Å². The summed E-state index contributed by atoms with van der Waals surface area (Å²) >= 11 is 0. The van der Waals surface area contributed by atoms with Crippen molar-refractivity contribution in [1.82, 2.24) is 4.98 Å². The van der Waals surface area contributed by atoms with Crippen LogP contribution in [0.15, 0.2) is 12.3 Å². The molecule has 0 aliphatic carbocycles. The third-order valence-electron chi connectivity index (χ3n) is 1.54. The highest BCUT2D eigenvalue weighted by Gasteiger charge is 2.00. The molecule has 0 fully saturated rings. The molecule has 2 nitrogen and oxygen atoms in total. The van der Waals surface area contributed by atoms with Gasteiger partial charge in [-0.3, -0.25) is 4.98 Å². The number of rotatable bonds is 1. The van der Waals surface area contributed by atoms with Crippen molar-refractivity contribution in [2.75, 3.05) is 0 Å². The molecule has 1 aromatic heterocycles. The van der Waals surface area contributed by atoms with Gasteiger partial charge in [-0.25, -0.2) is 0 Å². The summed E-state index contributed by atoms with van der Waals surface area (Å²) in [4.78, 5) is 4.01. The molecular formula is C8H11NO. The summed E-state index contributed by atoms with van der Waals surface area (Å²) in [6.07, 6.45) is 2.50. The van der Waals surface area contributed by atoms with Crippen LogP contribution in [-0.2, 0) is 6.42 Å². The SMILES string of the molecule is CCc1nccc(C)c1O. The predicted octanol–water partition coefficient (Wildman–Crippen LogP) is 1.66. The molecule has 0 aliphatic rings. The summed E-state index contributed by atoms with van der Waals surface area (Å²) in [5, 5.41) is 9.34. The minimum absolute atomic E-state index is 0.338. The van der Waals surface area contributed by atoms with Crippen LogP contribution in [0.5, 0.6) is 5.75 Å². The monoisotopic (exact) mass is 137 g/mol. The Balaban J connectivity index is 3.14. The molecule has 0 amide bonds. The van der Waals surface area contributed by atoms with E-state index in [1.54, 1.807) is 12.3 Å². The number of aromatic hydroxyl groups is 1. The molecule has 2 heteroatoms. The van der Waals surface area contributed by atoms with Crippen LogP contribution in [0.1, 0.15) is 18.2 Å². The van der Waals surface area contributed by atoms with E-state index in [1.165, 1.54) is 0 Å². The number of pyridine rings is 1. The third kappa shape index (κ3) is 1.10. The molecule has 0 spiro atoms. The lowest BCUT2D eigenvalue weighted by Gasteiger charge is -2.01. The molecule has 0 unspecified atom stereocenters. The van der Waals surface area contributed by atoms with Crippen LogP contribution in [-0.4, -0.2) is 10.1 Å². The van der Waals surface area contributed by atoms with E-state index in [0.29, 0.717) is 5.75 Å². The molecule has 10 heavy (non-hydrogen) atoms. The van der Waals surface area contributed by atoms with E-state index in [2.05, 4.69) is 4.98 Å². The smallest absolute Gasteiger partial charge is 0.139 e. The second-order valence-corrected chi connectivity index (χ2v) is 2.28. The molecular weight excluding hydrogens is 126 g/mol. The van der Waals surface area contributed by atoms with E-state index < -0.39 is 0 Å². The van der Waals surface area contributed by atoms with Crippen LogP contribution < -0.4 is 0 Å². The average molecular weight is 137 g/mol. The van der Waals surface area contributed by atoms with Crippen molar-refractivity contribution in [2.24, 2.45) is 0 Å². The van der Waals surface area contributed by atoms with Crippen LogP contribution in [0.2, 0.25) is 0 Å². The first-order chi connectivity index (χ1) is 4.75. The van der Waals surface area contributed by atoms with Gasteiger partial charge < -0.3 is 5.11 Å². The maximum atomic E-state index is 9.34. The second-order valence-electron chi connectivity index (χ2n) is 2.28. The maximum absolute atomic E-state index is 9.34. The fourth-order valence-electron chi connectivity index (χ4n) is 0.865. The first kappa shape index (κ1) is 7.06. The molecule has 0 aliphatic heterocycles. The van der Waals surface area contributed by atoms with Crippen LogP contribution in [0.3, 0.4) is 0 Å². The Kier molecular flexibility index (Phi) is 1.90. The highest BCUT2D eigenvalue weighted by Crippen LogP contribution is 2.18. The van der Waals surface area contributed by atoms with Gasteiger partial charge in [0.2, 0.25) is 0 Å². The Bertz CT molecular complexity index is 233. The van der Waals surface area contributed by atoms with E-state index >= 15 is 0 Å². The number of hydrogen-bond donors (Lipinski definition) is 1. The topological polar surface area (TPSA) is 33.1 Å². The van der Waals surface area contributed by atoms with Gasteiger partial charge in [-0.05, 0) is 25.0 Å². The van der Waals surface area contributed by atoms with Gasteiger partial charge in [0.15, 0.2) is 0 Å². The van der Waals surface area contributed by atoms with Crippen LogP contribution in [0, 0.1) is 6.92 Å². The summed E-state index contributed by atoms with van der Waals surface area (Å²) in [5.74, 6) is 0.338. The highest BCUT2D eigenvalue weighted by molar-refractivity contribution is 5.33. The van der Waals surface area contributed by atoms with E-state index in [1.807, 2.05) is 13.8 Å². The van der Waals surface area contributed by atoms with E-state index in [4.69, 9.17) is 0 Å². The standard InChI is InChI=1S/C8H11NO/c1-3-7-8(10)6(2)4-5-9-7/h4-5,10H,3H2,1-2H3. The molecule has 0 aromatic carbocycles. The number of nitrogens with zero attached hydrogens (tertiary/aromatic N) is 1. The first-order valence-corrected chi connectivity index (χ1v) is 3.39. The molecule has 54 valence electrons. The summed E-state index contributed by atoms with van der Waals surface area (Å²) < 4.78 is 0. The van der Waals surface area contributed by atoms with Crippen molar-refractivity contribution < 1.29 is 5.11 Å². The van der Waals surface area contributed by atoms with Crippen molar-refractivity contribution in [2.45, 2.75) is 20.3 Å². The number of aromatic nitrogens is 1. The van der Waals surface area contributed by atoms with E-state index in [9.17, 15) is 5.11 Å². The first-order valence-electron chi connectivity index (χ1n) is 3.39. The van der Waals surface area contributed by atoms with Crippen LogP contribution in [0.4, 0.5) is 0 Å². The Morgan fingerprint density at radius 3 is 2.80 bits per heavy atom. The fraction of sp³-hybridized carbons (Fsp3) is 0.375. The molecule has 1 heterocycles. The van der Waals surface area contributed by atoms with E-state index in [-0.39, 0.29) is 0 Å². The van der Waals surface area contributed by atoms with Gasteiger partial charge in [-0.2, -0.15) is 0 Å². The van der Waals surface area contributed by atoms with Crippen LogP contribution in [0.25, 0.3) is 0 Å². The highest BCUT2D eigenvalue weighted by atomic mass is 16.3. The molecule has 0 atom stereocenters. The molecule has 1 rings (SSSR count). The van der Waals surface area contributed by atoms with Crippen molar-refractivity contribution in [3.05, 3.63) is 23.5 Å². The lowest BCUT2D eigenvalue weighted by Crippen LogP contribution is -1.88. The zero-order valence-electron chi connectivity index (χ0n) is 6.26. The summed E-state index contributed by atoms with van der Waals surface area (Å²) in [6.45, 7) is 3.84. The van der Waals surface area contributed by atoms with Gasteiger partial charge in [0, 0.05) is 6.20 Å². The molecule has 0 radical (unpaired) electrons. The lowest BCUT2D eigenvalue weighted by atomic mass is 10.2. The Hall–Kier alpha value is -1.05. The second kappa shape index (κ2) is 2.69. The lowest BCUT2D eigenvalue weighted by molar-refractivity contribution is 0.460. The van der Waals surface area contributed by atoms with Gasteiger partial charge in [-0.15, -0.1) is 0 Å². The minimum Gasteiger partial charge on any atom is -0.506 e. The van der Waals surface area contributed by atoms with Gasteiger partial charge in [0.05, 0.1) is 5.69 Å². The number of hydrogen-bond acceptors (Lipinski definition) is 2. The van der Waals surface area contributed by atoms with Crippen molar-refractivity contribution >= 4 is 0 Å². The Labute approximate surface area is 60.5 Å². The molecule has 1 N–H and O–H groups in total. The van der Waals surface area contributed by atoms with Crippen molar-refractivity contribution in [3.8, 4) is 5.75 Å².